The molecular formula is C15H22N2O4S. The van der Waals surface area contributed by atoms with E-state index < -0.39 is 18.1 Å². The maximum absolute atomic E-state index is 12.1. The minimum atomic E-state index is -1.05. The molecule has 2 unspecified atom stereocenters. The highest BCUT2D eigenvalue weighted by atomic mass is 32.1. The lowest BCUT2D eigenvalue weighted by molar-refractivity contribution is -0.142. The van der Waals surface area contributed by atoms with Gasteiger partial charge in [-0.1, -0.05) is 19.9 Å². The number of rotatable bonds is 8. The van der Waals surface area contributed by atoms with Gasteiger partial charge >= 0.3 is 5.97 Å². The Morgan fingerprint density at radius 2 is 1.95 bits per heavy atom. The lowest BCUT2D eigenvalue weighted by Crippen LogP contribution is -2.43. The van der Waals surface area contributed by atoms with Crippen molar-refractivity contribution in [3.05, 3.63) is 22.4 Å². The van der Waals surface area contributed by atoms with Crippen LogP contribution in [0.1, 0.15) is 44.5 Å². The summed E-state index contributed by atoms with van der Waals surface area (Å²) in [5, 5.41) is 16.3. The molecule has 1 aromatic heterocycles. The third-order valence-electron chi connectivity index (χ3n) is 2.99. The number of carboxylic acids is 1. The number of carbonyl (C=O) groups excluding carboxylic acids is 2. The molecule has 7 heteroatoms. The van der Waals surface area contributed by atoms with Gasteiger partial charge in [-0.25, -0.2) is 4.79 Å². The number of aliphatic carboxylic acids is 1. The number of amides is 2. The Morgan fingerprint density at radius 3 is 2.41 bits per heavy atom. The predicted octanol–water partition coefficient (Wildman–Crippen LogP) is 1.93. The second-order valence-electron chi connectivity index (χ2n) is 5.56. The summed E-state index contributed by atoms with van der Waals surface area (Å²) >= 11 is 1.44. The van der Waals surface area contributed by atoms with Crippen molar-refractivity contribution in [2.45, 2.75) is 45.7 Å². The molecule has 0 saturated heterocycles. The van der Waals surface area contributed by atoms with Crippen molar-refractivity contribution in [2.24, 2.45) is 5.92 Å². The van der Waals surface area contributed by atoms with Crippen LogP contribution in [0.5, 0.6) is 0 Å². The first-order valence-electron chi connectivity index (χ1n) is 7.12. The lowest BCUT2D eigenvalue weighted by Gasteiger charge is -2.20. The molecule has 1 heterocycles. The van der Waals surface area contributed by atoms with Crippen LogP contribution in [-0.4, -0.2) is 28.9 Å². The Morgan fingerprint density at radius 1 is 1.27 bits per heavy atom. The summed E-state index contributed by atoms with van der Waals surface area (Å²) in [6, 6.07) is 2.33. The van der Waals surface area contributed by atoms with Gasteiger partial charge in [0.05, 0.1) is 12.5 Å². The summed E-state index contributed by atoms with van der Waals surface area (Å²) in [5.41, 5.74) is 0. The number of hydrogen-bond acceptors (Lipinski definition) is 4. The fraction of sp³-hybridized carbons (Fsp3) is 0.533. The van der Waals surface area contributed by atoms with Crippen LogP contribution in [0.3, 0.4) is 0 Å². The molecule has 0 bridgehead atoms. The molecule has 0 aliphatic rings. The third-order valence-corrected chi connectivity index (χ3v) is 3.98. The number of carboxylic acid groups (broad SMARTS) is 1. The Hall–Kier alpha value is -1.89. The van der Waals surface area contributed by atoms with Gasteiger partial charge in [-0.15, -0.1) is 11.3 Å². The largest absolute Gasteiger partial charge is 0.480 e. The van der Waals surface area contributed by atoms with Gasteiger partial charge < -0.3 is 15.7 Å². The molecule has 0 aliphatic carbocycles. The third kappa shape index (κ3) is 6.26. The molecule has 0 radical (unpaired) electrons. The van der Waals surface area contributed by atoms with Gasteiger partial charge in [-0.3, -0.25) is 9.59 Å². The van der Waals surface area contributed by atoms with E-state index in [0.717, 1.165) is 4.88 Å². The van der Waals surface area contributed by atoms with Crippen LogP contribution >= 0.6 is 11.3 Å². The Kier molecular flexibility index (Phi) is 7.04. The van der Waals surface area contributed by atoms with Crippen LogP contribution in [0.2, 0.25) is 0 Å². The molecule has 0 aromatic carbocycles. The summed E-state index contributed by atoms with van der Waals surface area (Å²) in [6.45, 7) is 5.18. The molecule has 0 spiro atoms. The number of hydrogen-bond donors (Lipinski definition) is 3. The molecule has 1 rings (SSSR count). The van der Waals surface area contributed by atoms with Crippen LogP contribution < -0.4 is 10.6 Å². The molecule has 2 amide bonds. The molecular weight excluding hydrogens is 304 g/mol. The summed E-state index contributed by atoms with van der Waals surface area (Å²) in [7, 11) is 0. The summed E-state index contributed by atoms with van der Waals surface area (Å²) in [6.07, 6.45) is 0.382. The number of thiophene rings is 1. The van der Waals surface area contributed by atoms with Crippen molar-refractivity contribution in [3.8, 4) is 0 Å². The van der Waals surface area contributed by atoms with Crippen molar-refractivity contribution in [2.75, 3.05) is 0 Å². The van der Waals surface area contributed by atoms with E-state index in [9.17, 15) is 14.4 Å². The zero-order valence-corrected chi connectivity index (χ0v) is 13.8. The topological polar surface area (TPSA) is 95.5 Å². The van der Waals surface area contributed by atoms with Crippen LogP contribution in [0.4, 0.5) is 0 Å². The Bertz CT molecular complexity index is 514. The zero-order valence-electron chi connectivity index (χ0n) is 13.0. The number of nitrogens with one attached hydrogen (secondary N) is 2. The summed E-state index contributed by atoms with van der Waals surface area (Å²) in [5.74, 6) is -1.51. The van der Waals surface area contributed by atoms with E-state index in [2.05, 4.69) is 10.6 Å². The standard InChI is InChI=1S/C15H22N2O4S/c1-9(2)7-12(15(20)21)17-14(19)8-11(16-10(3)18)13-5-4-6-22-13/h4-6,9,11-12H,7-8H2,1-3H3,(H,16,18)(H,17,19)(H,20,21). The normalized spacial score (nSPS) is 13.5. The highest BCUT2D eigenvalue weighted by Crippen LogP contribution is 2.22. The van der Waals surface area contributed by atoms with Crippen LogP contribution in [0.25, 0.3) is 0 Å². The average molecular weight is 326 g/mol. The van der Waals surface area contributed by atoms with Gasteiger partial charge in [0.2, 0.25) is 11.8 Å². The van der Waals surface area contributed by atoms with Gasteiger partial charge in [0, 0.05) is 11.8 Å². The molecule has 1 aromatic rings. The smallest absolute Gasteiger partial charge is 0.326 e. The SMILES string of the molecule is CC(=O)NC(CC(=O)NC(CC(C)C)C(=O)O)c1cccs1. The molecule has 0 saturated carbocycles. The van der Waals surface area contributed by atoms with E-state index in [1.807, 2.05) is 31.4 Å². The first-order valence-corrected chi connectivity index (χ1v) is 8.00. The van der Waals surface area contributed by atoms with Crippen molar-refractivity contribution < 1.29 is 19.5 Å². The first kappa shape index (κ1) is 18.2. The lowest BCUT2D eigenvalue weighted by atomic mass is 10.0. The zero-order chi connectivity index (χ0) is 16.7. The Balaban J connectivity index is 2.70. The fourth-order valence-corrected chi connectivity index (χ4v) is 2.87. The van der Waals surface area contributed by atoms with Gasteiger partial charge in [0.15, 0.2) is 0 Å². The van der Waals surface area contributed by atoms with E-state index in [4.69, 9.17) is 5.11 Å². The van der Waals surface area contributed by atoms with E-state index in [1.54, 1.807) is 0 Å². The predicted molar refractivity (Wildman–Crippen MR) is 84.5 cm³/mol. The minimum Gasteiger partial charge on any atom is -0.480 e. The highest BCUT2D eigenvalue weighted by Gasteiger charge is 2.24. The van der Waals surface area contributed by atoms with Crippen LogP contribution in [0, 0.1) is 5.92 Å². The summed E-state index contributed by atoms with van der Waals surface area (Å²) in [4.78, 5) is 35.4. The quantitative estimate of drug-likeness (QED) is 0.680. The molecule has 2 atom stereocenters. The second-order valence-corrected chi connectivity index (χ2v) is 6.54. The number of carbonyl (C=O) groups is 3. The van der Waals surface area contributed by atoms with Gasteiger partial charge in [0.1, 0.15) is 6.04 Å². The van der Waals surface area contributed by atoms with E-state index in [1.165, 1.54) is 18.3 Å². The van der Waals surface area contributed by atoms with Gasteiger partial charge in [0.25, 0.3) is 0 Å². The van der Waals surface area contributed by atoms with E-state index in [0.29, 0.717) is 6.42 Å². The van der Waals surface area contributed by atoms with Crippen molar-refractivity contribution in [3.63, 3.8) is 0 Å². The van der Waals surface area contributed by atoms with Gasteiger partial charge in [-0.05, 0) is 23.8 Å². The summed E-state index contributed by atoms with van der Waals surface area (Å²) < 4.78 is 0. The van der Waals surface area contributed by atoms with Crippen molar-refractivity contribution in [1.29, 1.82) is 0 Å². The Labute approximate surface area is 133 Å². The molecule has 3 N–H and O–H groups in total. The fourth-order valence-electron chi connectivity index (χ4n) is 2.09. The maximum Gasteiger partial charge on any atom is 0.326 e. The molecule has 0 aliphatic heterocycles. The molecule has 6 nitrogen and oxygen atoms in total. The van der Waals surface area contributed by atoms with Crippen molar-refractivity contribution >= 4 is 29.1 Å². The van der Waals surface area contributed by atoms with Gasteiger partial charge in [-0.2, -0.15) is 0 Å². The highest BCUT2D eigenvalue weighted by molar-refractivity contribution is 7.10. The second kappa shape index (κ2) is 8.53. The van der Waals surface area contributed by atoms with Crippen LogP contribution in [-0.2, 0) is 14.4 Å². The monoisotopic (exact) mass is 326 g/mol. The maximum atomic E-state index is 12.1. The van der Waals surface area contributed by atoms with E-state index >= 15 is 0 Å². The first-order chi connectivity index (χ1) is 10.3. The average Bonchev–Trinajstić information content (AvgIpc) is 2.89. The molecule has 22 heavy (non-hydrogen) atoms. The van der Waals surface area contributed by atoms with E-state index in [-0.39, 0.29) is 24.2 Å². The molecule has 0 fully saturated rings. The molecule has 122 valence electrons. The van der Waals surface area contributed by atoms with Crippen LogP contribution in [0.15, 0.2) is 17.5 Å². The minimum absolute atomic E-state index is 0.0158. The van der Waals surface area contributed by atoms with Crippen molar-refractivity contribution in [1.82, 2.24) is 10.6 Å².